The predicted octanol–water partition coefficient (Wildman–Crippen LogP) is 3.42. The van der Waals surface area contributed by atoms with Gasteiger partial charge in [-0.15, -0.1) is 11.3 Å². The molecule has 0 N–H and O–H groups in total. The lowest BCUT2D eigenvalue weighted by molar-refractivity contribution is 0.213. The molecule has 3 aromatic rings. The molecule has 114 valence electrons. The SMILES string of the molecule is Cc1cc2n(n1)CCN(C(C)c1ccc3scnc3c1)CC2. The first-order chi connectivity index (χ1) is 10.7. The van der Waals surface area contributed by atoms with Crippen molar-refractivity contribution in [3.8, 4) is 0 Å². The number of thiazole rings is 1. The molecule has 0 saturated heterocycles. The average molecular weight is 312 g/mol. The standard InChI is InChI=1S/C17H20N4S/c1-12-9-15-5-6-20(7-8-21(15)19-12)13(2)14-3-4-17-16(10-14)18-11-22-17/h3-4,9-11,13H,5-8H2,1-2H3. The highest BCUT2D eigenvalue weighted by molar-refractivity contribution is 7.16. The first kappa shape index (κ1) is 13.9. The summed E-state index contributed by atoms with van der Waals surface area (Å²) in [6.45, 7) is 7.48. The van der Waals surface area contributed by atoms with Crippen LogP contribution in [0, 0.1) is 6.92 Å². The molecule has 1 unspecified atom stereocenters. The molecule has 0 amide bonds. The van der Waals surface area contributed by atoms with E-state index in [0.717, 1.165) is 37.3 Å². The van der Waals surface area contributed by atoms with Gasteiger partial charge in [-0.1, -0.05) is 6.07 Å². The van der Waals surface area contributed by atoms with E-state index in [1.165, 1.54) is 16.0 Å². The van der Waals surface area contributed by atoms with E-state index in [9.17, 15) is 0 Å². The molecule has 1 aliphatic heterocycles. The number of benzene rings is 1. The molecule has 0 spiro atoms. The van der Waals surface area contributed by atoms with Crippen LogP contribution in [0.25, 0.3) is 10.2 Å². The van der Waals surface area contributed by atoms with Crippen molar-refractivity contribution in [3.05, 3.63) is 46.7 Å². The number of hydrogen-bond donors (Lipinski definition) is 0. The number of aryl methyl sites for hydroxylation is 1. The number of aromatic nitrogens is 3. The number of hydrogen-bond acceptors (Lipinski definition) is 4. The summed E-state index contributed by atoms with van der Waals surface area (Å²) in [6, 6.07) is 9.32. The summed E-state index contributed by atoms with van der Waals surface area (Å²) < 4.78 is 3.44. The maximum absolute atomic E-state index is 4.59. The van der Waals surface area contributed by atoms with E-state index in [0.29, 0.717) is 6.04 Å². The minimum atomic E-state index is 0.414. The van der Waals surface area contributed by atoms with E-state index < -0.39 is 0 Å². The van der Waals surface area contributed by atoms with Crippen molar-refractivity contribution < 1.29 is 0 Å². The molecule has 1 aliphatic rings. The van der Waals surface area contributed by atoms with Gasteiger partial charge in [0.25, 0.3) is 0 Å². The summed E-state index contributed by atoms with van der Waals surface area (Å²) in [5.74, 6) is 0. The lowest BCUT2D eigenvalue weighted by Gasteiger charge is -2.27. The van der Waals surface area contributed by atoms with Crippen molar-refractivity contribution in [1.82, 2.24) is 19.7 Å². The molecule has 4 nitrogen and oxygen atoms in total. The topological polar surface area (TPSA) is 34.0 Å². The van der Waals surface area contributed by atoms with Crippen molar-refractivity contribution in [1.29, 1.82) is 0 Å². The maximum Gasteiger partial charge on any atom is 0.0815 e. The zero-order valence-electron chi connectivity index (χ0n) is 13.0. The second kappa shape index (κ2) is 5.48. The molecule has 1 aromatic carbocycles. The molecule has 5 heteroatoms. The zero-order chi connectivity index (χ0) is 15.1. The molecule has 0 bridgehead atoms. The Kier molecular flexibility index (Phi) is 3.47. The molecule has 22 heavy (non-hydrogen) atoms. The van der Waals surface area contributed by atoms with Crippen LogP contribution in [0.15, 0.2) is 29.8 Å². The Bertz CT molecular complexity index is 778. The predicted molar refractivity (Wildman–Crippen MR) is 90.3 cm³/mol. The van der Waals surface area contributed by atoms with Gasteiger partial charge in [0.2, 0.25) is 0 Å². The third kappa shape index (κ3) is 2.44. The van der Waals surface area contributed by atoms with Crippen LogP contribution in [0.2, 0.25) is 0 Å². The van der Waals surface area contributed by atoms with E-state index in [2.05, 4.69) is 57.8 Å². The van der Waals surface area contributed by atoms with Crippen LogP contribution in [0.4, 0.5) is 0 Å². The third-order valence-corrected chi connectivity index (χ3v) is 5.43. The highest BCUT2D eigenvalue weighted by atomic mass is 32.1. The maximum atomic E-state index is 4.59. The Labute approximate surface area is 134 Å². The largest absolute Gasteiger partial charge is 0.294 e. The summed E-state index contributed by atoms with van der Waals surface area (Å²) in [6.07, 6.45) is 1.07. The number of fused-ring (bicyclic) bond motifs is 2. The lowest BCUT2D eigenvalue weighted by Crippen LogP contribution is -2.30. The van der Waals surface area contributed by atoms with Crippen LogP contribution in [-0.2, 0) is 13.0 Å². The summed E-state index contributed by atoms with van der Waals surface area (Å²) in [5, 5.41) is 4.59. The summed E-state index contributed by atoms with van der Waals surface area (Å²) in [7, 11) is 0. The molecular weight excluding hydrogens is 292 g/mol. The van der Waals surface area contributed by atoms with Crippen LogP contribution in [-0.4, -0.2) is 32.8 Å². The Balaban J connectivity index is 1.55. The summed E-state index contributed by atoms with van der Waals surface area (Å²) in [5.41, 5.74) is 6.89. The van der Waals surface area contributed by atoms with E-state index in [4.69, 9.17) is 0 Å². The van der Waals surface area contributed by atoms with Crippen LogP contribution in [0.3, 0.4) is 0 Å². The first-order valence-corrected chi connectivity index (χ1v) is 8.69. The van der Waals surface area contributed by atoms with E-state index in [1.54, 1.807) is 11.3 Å². The van der Waals surface area contributed by atoms with Crippen molar-refractivity contribution in [2.75, 3.05) is 13.1 Å². The fourth-order valence-corrected chi connectivity index (χ4v) is 3.98. The van der Waals surface area contributed by atoms with Crippen molar-refractivity contribution in [2.24, 2.45) is 0 Å². The van der Waals surface area contributed by atoms with Crippen LogP contribution >= 0.6 is 11.3 Å². The third-order valence-electron chi connectivity index (χ3n) is 4.62. The Morgan fingerprint density at radius 1 is 1.18 bits per heavy atom. The summed E-state index contributed by atoms with van der Waals surface area (Å²) in [4.78, 5) is 7.00. The van der Waals surface area contributed by atoms with Gasteiger partial charge in [0.05, 0.1) is 28.0 Å². The first-order valence-electron chi connectivity index (χ1n) is 7.81. The highest BCUT2D eigenvalue weighted by Gasteiger charge is 2.20. The van der Waals surface area contributed by atoms with Crippen molar-refractivity contribution in [2.45, 2.75) is 32.9 Å². The molecule has 4 rings (SSSR count). The van der Waals surface area contributed by atoms with Gasteiger partial charge in [0, 0.05) is 31.2 Å². The minimum absolute atomic E-state index is 0.414. The van der Waals surface area contributed by atoms with Crippen molar-refractivity contribution in [3.63, 3.8) is 0 Å². The Morgan fingerprint density at radius 3 is 3.00 bits per heavy atom. The second-order valence-electron chi connectivity index (χ2n) is 6.04. The fraction of sp³-hybridized carbons (Fsp3) is 0.412. The smallest absolute Gasteiger partial charge is 0.0815 e. The normalized spacial score (nSPS) is 17.4. The van der Waals surface area contributed by atoms with Crippen molar-refractivity contribution >= 4 is 21.6 Å². The monoisotopic (exact) mass is 312 g/mol. The average Bonchev–Trinajstić information content (AvgIpc) is 3.07. The van der Waals surface area contributed by atoms with Crippen LogP contribution in [0.5, 0.6) is 0 Å². The minimum Gasteiger partial charge on any atom is -0.294 e. The molecule has 0 fully saturated rings. The molecule has 2 aromatic heterocycles. The van der Waals surface area contributed by atoms with E-state index >= 15 is 0 Å². The molecule has 0 saturated carbocycles. The lowest BCUT2D eigenvalue weighted by atomic mass is 10.1. The Hall–Kier alpha value is -1.72. The van der Waals surface area contributed by atoms with Gasteiger partial charge in [-0.3, -0.25) is 9.58 Å². The number of rotatable bonds is 2. The quantitative estimate of drug-likeness (QED) is 0.727. The molecule has 1 atom stereocenters. The van der Waals surface area contributed by atoms with E-state index in [1.807, 2.05) is 5.51 Å². The van der Waals surface area contributed by atoms with Gasteiger partial charge in [0.1, 0.15) is 0 Å². The van der Waals surface area contributed by atoms with Gasteiger partial charge in [-0.2, -0.15) is 5.10 Å². The van der Waals surface area contributed by atoms with E-state index in [-0.39, 0.29) is 0 Å². The molecule has 0 aliphatic carbocycles. The van der Waals surface area contributed by atoms with Crippen LogP contribution in [0.1, 0.15) is 29.9 Å². The van der Waals surface area contributed by atoms with Gasteiger partial charge in [-0.25, -0.2) is 4.98 Å². The summed E-state index contributed by atoms with van der Waals surface area (Å²) >= 11 is 1.70. The zero-order valence-corrected chi connectivity index (χ0v) is 13.8. The van der Waals surface area contributed by atoms with Gasteiger partial charge in [-0.05, 0) is 37.6 Å². The molecule has 3 heterocycles. The van der Waals surface area contributed by atoms with Gasteiger partial charge < -0.3 is 0 Å². The van der Waals surface area contributed by atoms with Crippen LogP contribution < -0.4 is 0 Å². The Morgan fingerprint density at radius 2 is 2.09 bits per heavy atom. The molecule has 0 radical (unpaired) electrons. The second-order valence-corrected chi connectivity index (χ2v) is 6.93. The number of nitrogens with zero attached hydrogens (tertiary/aromatic N) is 4. The highest BCUT2D eigenvalue weighted by Crippen LogP contribution is 2.26. The van der Waals surface area contributed by atoms with Gasteiger partial charge >= 0.3 is 0 Å². The van der Waals surface area contributed by atoms with Gasteiger partial charge in [0.15, 0.2) is 0 Å². The fourth-order valence-electron chi connectivity index (χ4n) is 3.32. The molecular formula is C17H20N4S.